The second-order valence-electron chi connectivity index (χ2n) is 8.42. The molecule has 0 saturated heterocycles. The number of hydrogen-bond donors (Lipinski definition) is 1. The van der Waals surface area contributed by atoms with Gasteiger partial charge in [-0.2, -0.15) is 4.31 Å². The monoisotopic (exact) mass is 458 g/mol. The minimum absolute atomic E-state index is 0.217. The number of esters is 1. The summed E-state index contributed by atoms with van der Waals surface area (Å²) < 4.78 is 32.3. The van der Waals surface area contributed by atoms with Crippen LogP contribution in [0.5, 0.6) is 0 Å². The quantitative estimate of drug-likeness (QED) is 0.612. The number of amides is 1. The fraction of sp³-hybridized carbons (Fsp3) is 0.417. The number of anilines is 1. The number of carbonyl (C=O) groups excluding carboxylic acids is 2. The van der Waals surface area contributed by atoms with Crippen LogP contribution in [-0.4, -0.2) is 44.8 Å². The Balaban J connectivity index is 1.68. The van der Waals surface area contributed by atoms with Gasteiger partial charge in [0.2, 0.25) is 15.9 Å². The first kappa shape index (κ1) is 23.9. The molecule has 172 valence electrons. The van der Waals surface area contributed by atoms with E-state index in [-0.39, 0.29) is 17.4 Å². The second kappa shape index (κ2) is 9.03. The van der Waals surface area contributed by atoms with Crippen molar-refractivity contribution in [3.05, 3.63) is 58.7 Å². The minimum atomic E-state index is -3.82. The smallest absolute Gasteiger partial charge is 0.316 e. The third kappa shape index (κ3) is 4.71. The lowest BCUT2D eigenvalue weighted by molar-refractivity contribution is -0.146. The molecule has 1 fully saturated rings. The maximum absolute atomic E-state index is 13.1. The van der Waals surface area contributed by atoms with E-state index < -0.39 is 21.3 Å². The van der Waals surface area contributed by atoms with E-state index in [9.17, 15) is 18.0 Å². The number of sulfonamides is 1. The maximum Gasteiger partial charge on any atom is 0.316 e. The van der Waals surface area contributed by atoms with Gasteiger partial charge in [-0.1, -0.05) is 29.8 Å². The van der Waals surface area contributed by atoms with Crippen molar-refractivity contribution in [3.8, 4) is 0 Å². The summed E-state index contributed by atoms with van der Waals surface area (Å²) in [5.41, 5.74) is 3.11. The summed E-state index contributed by atoms with van der Waals surface area (Å²) in [7, 11) is -2.42. The summed E-state index contributed by atoms with van der Waals surface area (Å²) in [6.07, 6.45) is 1.50. The lowest BCUT2D eigenvalue weighted by Crippen LogP contribution is -2.35. The summed E-state index contributed by atoms with van der Waals surface area (Å²) in [5.74, 6) is -0.664. The molecular weight excluding hydrogens is 428 g/mol. The Bertz CT molecular complexity index is 1110. The van der Waals surface area contributed by atoms with Gasteiger partial charge in [-0.05, 0) is 69.4 Å². The third-order valence-electron chi connectivity index (χ3n) is 5.78. The van der Waals surface area contributed by atoms with Gasteiger partial charge < -0.3 is 10.1 Å². The third-order valence-corrected chi connectivity index (χ3v) is 7.89. The number of hydrogen-bond acceptors (Lipinski definition) is 5. The van der Waals surface area contributed by atoms with Gasteiger partial charge in [-0.3, -0.25) is 9.59 Å². The molecule has 0 spiro atoms. The van der Waals surface area contributed by atoms with Crippen molar-refractivity contribution >= 4 is 27.6 Å². The lowest BCUT2D eigenvalue weighted by Gasteiger charge is -2.20. The topological polar surface area (TPSA) is 92.8 Å². The normalized spacial score (nSPS) is 14.8. The van der Waals surface area contributed by atoms with Crippen LogP contribution in [0.1, 0.15) is 42.0 Å². The van der Waals surface area contributed by atoms with Crippen molar-refractivity contribution in [1.29, 1.82) is 0 Å². The largest absolute Gasteiger partial charge is 0.465 e. The molecule has 0 atom stereocenters. The van der Waals surface area contributed by atoms with Crippen molar-refractivity contribution in [1.82, 2.24) is 4.31 Å². The van der Waals surface area contributed by atoms with Crippen molar-refractivity contribution in [2.24, 2.45) is 0 Å². The van der Waals surface area contributed by atoms with Gasteiger partial charge in [-0.25, -0.2) is 8.42 Å². The molecule has 1 saturated carbocycles. The molecule has 3 rings (SSSR count). The molecule has 8 heteroatoms. The first-order valence-corrected chi connectivity index (χ1v) is 12.1. The molecule has 0 bridgehead atoms. The van der Waals surface area contributed by atoms with Gasteiger partial charge in [0.15, 0.2) is 0 Å². The van der Waals surface area contributed by atoms with Crippen LogP contribution in [0.25, 0.3) is 0 Å². The minimum Gasteiger partial charge on any atom is -0.465 e. The standard InChI is InChI=1S/C24H30N2O5S/c1-6-31-23(28)24(11-12-24)19-7-9-20(10-8-19)25-21(27)15-26(5)32(29,30)22-17(3)13-16(2)14-18(22)4/h7-10,13-14H,6,11-12,15H2,1-5H3,(H,25,27). The zero-order valence-electron chi connectivity index (χ0n) is 19.2. The predicted octanol–water partition coefficient (Wildman–Crippen LogP) is 3.47. The molecular formula is C24H30N2O5S. The zero-order chi connectivity index (χ0) is 23.7. The number of benzene rings is 2. The Kier molecular flexibility index (Phi) is 6.76. The highest BCUT2D eigenvalue weighted by Crippen LogP contribution is 2.49. The zero-order valence-corrected chi connectivity index (χ0v) is 20.0. The Labute approximate surface area is 189 Å². The Morgan fingerprint density at radius 2 is 1.62 bits per heavy atom. The highest BCUT2D eigenvalue weighted by atomic mass is 32.2. The molecule has 32 heavy (non-hydrogen) atoms. The van der Waals surface area contributed by atoms with E-state index in [2.05, 4.69) is 5.32 Å². The molecule has 1 aliphatic rings. The van der Waals surface area contributed by atoms with Crippen LogP contribution in [0.3, 0.4) is 0 Å². The first-order valence-electron chi connectivity index (χ1n) is 10.6. The summed E-state index contributed by atoms with van der Waals surface area (Å²) in [6, 6.07) is 10.7. The van der Waals surface area contributed by atoms with Crippen LogP contribution in [0.15, 0.2) is 41.3 Å². The first-order chi connectivity index (χ1) is 15.0. The van der Waals surface area contributed by atoms with E-state index in [4.69, 9.17) is 4.74 Å². The van der Waals surface area contributed by atoms with E-state index in [1.54, 1.807) is 45.0 Å². The van der Waals surface area contributed by atoms with Crippen molar-refractivity contribution < 1.29 is 22.7 Å². The van der Waals surface area contributed by atoms with Crippen LogP contribution in [0.4, 0.5) is 5.69 Å². The number of rotatable bonds is 8. The maximum atomic E-state index is 13.1. The van der Waals surface area contributed by atoms with Crippen LogP contribution < -0.4 is 5.32 Å². The lowest BCUT2D eigenvalue weighted by atomic mass is 9.96. The van der Waals surface area contributed by atoms with E-state index >= 15 is 0 Å². The summed E-state index contributed by atoms with van der Waals surface area (Å²) in [4.78, 5) is 25.0. The number of ether oxygens (including phenoxy) is 1. The molecule has 0 aliphatic heterocycles. The summed E-state index contributed by atoms with van der Waals surface area (Å²) in [5, 5.41) is 2.73. The van der Waals surface area contributed by atoms with Gasteiger partial charge in [0.05, 0.1) is 23.5 Å². The SMILES string of the molecule is CCOC(=O)C1(c2ccc(NC(=O)CN(C)S(=O)(=O)c3c(C)cc(C)cc3C)cc2)CC1. The van der Waals surface area contributed by atoms with Crippen molar-refractivity contribution in [2.75, 3.05) is 25.5 Å². The fourth-order valence-electron chi connectivity index (χ4n) is 4.09. The van der Waals surface area contributed by atoms with E-state index in [0.717, 1.165) is 28.3 Å². The number of aryl methyl sites for hydroxylation is 3. The molecule has 1 amide bonds. The van der Waals surface area contributed by atoms with Crippen LogP contribution >= 0.6 is 0 Å². The summed E-state index contributed by atoms with van der Waals surface area (Å²) >= 11 is 0. The predicted molar refractivity (Wildman–Crippen MR) is 123 cm³/mol. The summed E-state index contributed by atoms with van der Waals surface area (Å²) in [6.45, 7) is 7.23. The fourth-order valence-corrected chi connectivity index (χ4v) is 5.63. The average Bonchev–Trinajstić information content (AvgIpc) is 3.49. The molecule has 0 unspecified atom stereocenters. The Hall–Kier alpha value is -2.71. The number of likely N-dealkylation sites (N-methyl/N-ethyl adjacent to an activating group) is 1. The molecule has 7 nitrogen and oxygen atoms in total. The van der Waals surface area contributed by atoms with Gasteiger partial charge >= 0.3 is 5.97 Å². The Morgan fingerprint density at radius 3 is 2.12 bits per heavy atom. The van der Waals surface area contributed by atoms with Gasteiger partial charge in [-0.15, -0.1) is 0 Å². The van der Waals surface area contributed by atoms with E-state index in [1.165, 1.54) is 7.05 Å². The molecule has 2 aromatic carbocycles. The molecule has 0 aromatic heterocycles. The van der Waals surface area contributed by atoms with E-state index in [1.807, 2.05) is 19.1 Å². The van der Waals surface area contributed by atoms with Crippen LogP contribution in [-0.2, 0) is 29.8 Å². The second-order valence-corrected chi connectivity index (χ2v) is 10.4. The van der Waals surface area contributed by atoms with E-state index in [0.29, 0.717) is 23.4 Å². The number of carbonyl (C=O) groups is 2. The molecule has 0 radical (unpaired) electrons. The van der Waals surface area contributed by atoms with Crippen LogP contribution in [0.2, 0.25) is 0 Å². The van der Waals surface area contributed by atoms with Gasteiger partial charge in [0, 0.05) is 12.7 Å². The van der Waals surface area contributed by atoms with Crippen molar-refractivity contribution in [3.63, 3.8) is 0 Å². The number of nitrogens with zero attached hydrogens (tertiary/aromatic N) is 1. The average molecular weight is 459 g/mol. The van der Waals surface area contributed by atoms with Gasteiger partial charge in [0.25, 0.3) is 0 Å². The van der Waals surface area contributed by atoms with Crippen LogP contribution in [0, 0.1) is 20.8 Å². The molecule has 0 heterocycles. The highest BCUT2D eigenvalue weighted by molar-refractivity contribution is 7.89. The van der Waals surface area contributed by atoms with Crippen molar-refractivity contribution in [2.45, 2.75) is 50.8 Å². The molecule has 1 aliphatic carbocycles. The Morgan fingerprint density at radius 1 is 1.06 bits per heavy atom. The molecule has 1 N–H and O–H groups in total. The van der Waals surface area contributed by atoms with Gasteiger partial charge in [0.1, 0.15) is 0 Å². The number of nitrogens with one attached hydrogen (secondary N) is 1. The molecule has 2 aromatic rings. The highest BCUT2D eigenvalue weighted by Gasteiger charge is 2.52.